The maximum Gasteiger partial charge on any atom is 0.248 e. The number of ether oxygens (including phenoxy) is 3. The van der Waals surface area contributed by atoms with E-state index < -0.39 is 0 Å². The van der Waals surface area contributed by atoms with Crippen LogP contribution in [0.5, 0.6) is 23.1 Å². The van der Waals surface area contributed by atoms with Crippen molar-refractivity contribution in [2.24, 2.45) is 0 Å². The van der Waals surface area contributed by atoms with Crippen molar-refractivity contribution >= 4 is 11.5 Å². The van der Waals surface area contributed by atoms with Crippen molar-refractivity contribution in [2.45, 2.75) is 13.1 Å². The zero-order valence-corrected chi connectivity index (χ0v) is 15.2. The van der Waals surface area contributed by atoms with Gasteiger partial charge in [0.15, 0.2) is 5.82 Å². The molecule has 3 aromatic rings. The van der Waals surface area contributed by atoms with Gasteiger partial charge in [0.1, 0.15) is 29.3 Å². The molecule has 1 aromatic heterocycles. The highest BCUT2D eigenvalue weighted by molar-refractivity contribution is 5.72. The van der Waals surface area contributed by atoms with E-state index >= 15 is 0 Å². The predicted octanol–water partition coefficient (Wildman–Crippen LogP) is 3.82. The van der Waals surface area contributed by atoms with Crippen molar-refractivity contribution in [3.63, 3.8) is 0 Å². The fourth-order valence-electron chi connectivity index (χ4n) is 2.96. The molecule has 1 aliphatic rings. The van der Waals surface area contributed by atoms with E-state index in [1.54, 1.807) is 14.2 Å². The average Bonchev–Trinajstić information content (AvgIpc) is 2.91. The van der Waals surface area contributed by atoms with E-state index in [-0.39, 0.29) is 0 Å². The minimum absolute atomic E-state index is 0.453. The number of fused-ring (bicyclic) bond motifs is 2. The molecule has 0 saturated carbocycles. The van der Waals surface area contributed by atoms with Crippen LogP contribution in [0.3, 0.4) is 0 Å². The average molecular weight is 364 g/mol. The quantitative estimate of drug-likeness (QED) is 0.712. The van der Waals surface area contributed by atoms with Crippen molar-refractivity contribution in [1.29, 1.82) is 0 Å². The molecule has 1 aliphatic heterocycles. The Hall–Kier alpha value is -3.48. The Morgan fingerprint density at radius 2 is 1.96 bits per heavy atom. The molecule has 0 unspecified atom stereocenters. The number of methoxy groups -OCH3 is 2. The van der Waals surface area contributed by atoms with Crippen LogP contribution in [-0.2, 0) is 13.1 Å². The summed E-state index contributed by atoms with van der Waals surface area (Å²) in [6, 6.07) is 13.8. The maximum absolute atomic E-state index is 6.07. The fourth-order valence-corrected chi connectivity index (χ4v) is 2.96. The molecule has 0 aliphatic carbocycles. The predicted molar refractivity (Wildman–Crippen MR) is 103 cm³/mol. The van der Waals surface area contributed by atoms with Crippen LogP contribution < -0.4 is 24.8 Å². The summed E-state index contributed by atoms with van der Waals surface area (Å²) < 4.78 is 16.9. The van der Waals surface area contributed by atoms with Gasteiger partial charge in [0.25, 0.3) is 0 Å². The first-order valence-corrected chi connectivity index (χ1v) is 8.58. The van der Waals surface area contributed by atoms with Crippen LogP contribution in [0.2, 0.25) is 0 Å². The first-order valence-electron chi connectivity index (χ1n) is 8.58. The molecule has 7 heteroatoms. The van der Waals surface area contributed by atoms with Gasteiger partial charge in [0, 0.05) is 25.2 Å². The van der Waals surface area contributed by atoms with E-state index in [1.807, 2.05) is 30.3 Å². The molecule has 2 N–H and O–H groups in total. The van der Waals surface area contributed by atoms with E-state index in [0.717, 1.165) is 11.1 Å². The first-order chi connectivity index (χ1) is 13.3. The van der Waals surface area contributed by atoms with Gasteiger partial charge in [-0.1, -0.05) is 30.3 Å². The highest BCUT2D eigenvalue weighted by Crippen LogP contribution is 2.42. The Kier molecular flexibility index (Phi) is 4.65. The zero-order chi connectivity index (χ0) is 18.6. The summed E-state index contributed by atoms with van der Waals surface area (Å²) in [5.74, 6) is 3.13. The van der Waals surface area contributed by atoms with Gasteiger partial charge in [-0.2, -0.15) is 4.98 Å². The lowest BCUT2D eigenvalue weighted by Crippen LogP contribution is -2.07. The van der Waals surface area contributed by atoms with Gasteiger partial charge < -0.3 is 24.8 Å². The van der Waals surface area contributed by atoms with Crippen LogP contribution in [0.25, 0.3) is 0 Å². The van der Waals surface area contributed by atoms with Crippen LogP contribution in [0, 0.1) is 0 Å². The van der Waals surface area contributed by atoms with Crippen LogP contribution in [0.4, 0.5) is 11.5 Å². The van der Waals surface area contributed by atoms with E-state index in [4.69, 9.17) is 14.2 Å². The van der Waals surface area contributed by atoms with E-state index in [1.165, 1.54) is 6.33 Å². The lowest BCUT2D eigenvalue weighted by molar-refractivity contribution is 0.382. The van der Waals surface area contributed by atoms with Gasteiger partial charge in [0.05, 0.1) is 19.8 Å². The van der Waals surface area contributed by atoms with Crippen molar-refractivity contribution < 1.29 is 14.2 Å². The Morgan fingerprint density at radius 1 is 1.11 bits per heavy atom. The van der Waals surface area contributed by atoms with Gasteiger partial charge in [-0.3, -0.25) is 0 Å². The van der Waals surface area contributed by atoms with Gasteiger partial charge >= 0.3 is 0 Å². The number of anilines is 2. The Balaban J connectivity index is 1.64. The van der Waals surface area contributed by atoms with Gasteiger partial charge in [-0.25, -0.2) is 4.98 Å². The summed E-state index contributed by atoms with van der Waals surface area (Å²) in [6.45, 7) is 1.17. The molecule has 0 atom stereocenters. The molecule has 27 heavy (non-hydrogen) atoms. The topological polar surface area (TPSA) is 77.5 Å². The van der Waals surface area contributed by atoms with Gasteiger partial charge in [0.2, 0.25) is 5.88 Å². The molecular weight excluding hydrogens is 344 g/mol. The summed E-state index contributed by atoms with van der Waals surface area (Å²) >= 11 is 0. The van der Waals surface area contributed by atoms with Crippen LogP contribution >= 0.6 is 0 Å². The molecule has 4 rings (SSSR count). The van der Waals surface area contributed by atoms with Gasteiger partial charge in [-0.15, -0.1) is 0 Å². The highest BCUT2D eigenvalue weighted by atomic mass is 16.5. The molecule has 0 fully saturated rings. The smallest absolute Gasteiger partial charge is 0.248 e. The molecule has 0 spiro atoms. The summed E-state index contributed by atoms with van der Waals surface area (Å²) in [7, 11) is 3.23. The van der Waals surface area contributed by atoms with Crippen LogP contribution in [0.15, 0.2) is 48.8 Å². The molecule has 138 valence electrons. The Bertz CT molecular complexity index is 947. The molecule has 0 bridgehead atoms. The lowest BCUT2D eigenvalue weighted by Gasteiger charge is -2.13. The van der Waals surface area contributed by atoms with E-state index in [0.29, 0.717) is 47.7 Å². The summed E-state index contributed by atoms with van der Waals surface area (Å²) in [5, 5.41) is 6.71. The van der Waals surface area contributed by atoms with Crippen molar-refractivity contribution in [2.75, 3.05) is 24.9 Å². The monoisotopic (exact) mass is 364 g/mol. The maximum atomic E-state index is 6.07. The Labute approximate surface area is 157 Å². The van der Waals surface area contributed by atoms with E-state index in [9.17, 15) is 0 Å². The molecule has 7 nitrogen and oxygen atoms in total. The summed E-state index contributed by atoms with van der Waals surface area (Å²) in [4.78, 5) is 8.65. The summed E-state index contributed by atoms with van der Waals surface area (Å²) in [6.07, 6.45) is 1.48. The van der Waals surface area contributed by atoms with Crippen molar-refractivity contribution in [3.8, 4) is 23.1 Å². The largest absolute Gasteiger partial charge is 0.496 e. The Morgan fingerprint density at radius 3 is 2.74 bits per heavy atom. The molecule has 2 aromatic carbocycles. The molecule has 0 radical (unpaired) electrons. The second kappa shape index (κ2) is 7.41. The molecule has 2 heterocycles. The number of benzene rings is 2. The van der Waals surface area contributed by atoms with E-state index in [2.05, 4.69) is 32.7 Å². The third-order valence-corrected chi connectivity index (χ3v) is 4.36. The highest BCUT2D eigenvalue weighted by Gasteiger charge is 2.23. The molecule has 0 amide bonds. The van der Waals surface area contributed by atoms with Crippen LogP contribution in [-0.4, -0.2) is 24.2 Å². The second-order valence-electron chi connectivity index (χ2n) is 6.00. The third kappa shape index (κ3) is 3.44. The SMILES string of the molecule is COc1cc(OC)c2c(c1)Oc1ncnc(NCc3ccccc3)c1NC2. The summed E-state index contributed by atoms with van der Waals surface area (Å²) in [5.41, 5.74) is 2.77. The number of nitrogens with zero attached hydrogens (tertiary/aromatic N) is 2. The second-order valence-corrected chi connectivity index (χ2v) is 6.00. The number of hydrogen-bond donors (Lipinski definition) is 2. The van der Waals surface area contributed by atoms with Crippen molar-refractivity contribution in [1.82, 2.24) is 9.97 Å². The number of aromatic nitrogens is 2. The minimum Gasteiger partial charge on any atom is -0.496 e. The first kappa shape index (κ1) is 17.0. The third-order valence-electron chi connectivity index (χ3n) is 4.36. The minimum atomic E-state index is 0.453. The fraction of sp³-hybridized carbons (Fsp3) is 0.200. The van der Waals surface area contributed by atoms with Gasteiger partial charge in [-0.05, 0) is 5.56 Å². The number of rotatable bonds is 5. The zero-order valence-electron chi connectivity index (χ0n) is 15.2. The standard InChI is InChI=1S/C20H20N4O3/c1-25-14-8-16(26-2)15-11-21-18-19(22-10-13-6-4-3-5-7-13)23-12-24-20(18)27-17(15)9-14/h3-9,12,21H,10-11H2,1-2H3,(H,22,23,24). The number of hydrogen-bond acceptors (Lipinski definition) is 7. The number of nitrogens with one attached hydrogen (secondary N) is 2. The molecule has 0 saturated heterocycles. The normalized spacial score (nSPS) is 11.9. The van der Waals surface area contributed by atoms with Crippen molar-refractivity contribution in [3.05, 3.63) is 59.9 Å². The van der Waals surface area contributed by atoms with Crippen LogP contribution in [0.1, 0.15) is 11.1 Å². The molecular formula is C20H20N4O3. The lowest BCUT2D eigenvalue weighted by atomic mass is 10.1.